The molecule has 1 N–H and O–H groups in total. The molecule has 3 rings (SSSR count). The zero-order chi connectivity index (χ0) is 25.4. The van der Waals surface area contributed by atoms with Crippen LogP contribution in [0.3, 0.4) is 0 Å². The lowest BCUT2D eigenvalue weighted by Crippen LogP contribution is -2.55. The molecule has 0 saturated carbocycles. The van der Waals surface area contributed by atoms with Gasteiger partial charge in [0.05, 0.1) is 0 Å². The Kier molecular flexibility index (Phi) is 8.69. The molecule has 2 amide bonds. The van der Waals surface area contributed by atoms with E-state index in [2.05, 4.69) is 5.32 Å². The number of rotatable bonds is 9. The second-order valence-corrected chi connectivity index (χ2v) is 9.99. The van der Waals surface area contributed by atoms with Crippen molar-refractivity contribution in [2.24, 2.45) is 0 Å². The summed E-state index contributed by atoms with van der Waals surface area (Å²) >= 11 is 0. The van der Waals surface area contributed by atoms with Gasteiger partial charge in [0, 0.05) is 18.5 Å². The van der Waals surface area contributed by atoms with Gasteiger partial charge in [0.25, 0.3) is 5.91 Å². The van der Waals surface area contributed by atoms with E-state index in [1.165, 1.54) is 0 Å². The van der Waals surface area contributed by atoms with E-state index in [9.17, 15) is 9.59 Å². The smallest absolute Gasteiger partial charge is 0.261 e. The molecule has 0 radical (unpaired) electrons. The first kappa shape index (κ1) is 26.0. The van der Waals surface area contributed by atoms with E-state index >= 15 is 0 Å². The molecule has 0 aromatic heterocycles. The molecule has 3 aromatic carbocycles. The number of nitrogens with zero attached hydrogens (tertiary/aromatic N) is 1. The van der Waals surface area contributed by atoms with Crippen LogP contribution in [0.2, 0.25) is 0 Å². The Morgan fingerprint density at radius 2 is 1.46 bits per heavy atom. The molecular formula is C30H36N2O3. The van der Waals surface area contributed by atoms with Crippen molar-refractivity contribution >= 4 is 11.8 Å². The van der Waals surface area contributed by atoms with E-state index < -0.39 is 11.6 Å². The molecule has 0 aliphatic carbocycles. The Morgan fingerprint density at radius 3 is 2.03 bits per heavy atom. The number of carbonyl (C=O) groups excluding carboxylic acids is 2. The lowest BCUT2D eigenvalue weighted by Gasteiger charge is -2.33. The molecule has 0 bridgehead atoms. The Hall–Kier alpha value is -3.60. The fourth-order valence-corrected chi connectivity index (χ4v) is 3.82. The highest BCUT2D eigenvalue weighted by molar-refractivity contribution is 5.89. The molecule has 0 spiro atoms. The molecule has 3 aromatic rings. The highest BCUT2D eigenvalue weighted by atomic mass is 16.5. The largest absolute Gasteiger partial charge is 0.484 e. The summed E-state index contributed by atoms with van der Waals surface area (Å²) in [6, 6.07) is 24.6. The number of carbonyl (C=O) groups is 2. The number of amides is 2. The SMILES string of the molecule is Cc1ccc(OCC(=O)N(Cc2ccccc2)[C@@H](Cc2ccccc2)C(=O)NC(C)(C)C)cc1C. The molecule has 184 valence electrons. The second-order valence-electron chi connectivity index (χ2n) is 9.99. The van der Waals surface area contributed by atoms with E-state index in [4.69, 9.17) is 4.74 Å². The van der Waals surface area contributed by atoms with Gasteiger partial charge in [-0.1, -0.05) is 66.7 Å². The zero-order valence-electron chi connectivity index (χ0n) is 21.4. The highest BCUT2D eigenvalue weighted by Gasteiger charge is 2.32. The fourth-order valence-electron chi connectivity index (χ4n) is 3.82. The molecule has 5 heteroatoms. The minimum atomic E-state index is -0.687. The van der Waals surface area contributed by atoms with Crippen LogP contribution < -0.4 is 10.1 Å². The van der Waals surface area contributed by atoms with E-state index in [-0.39, 0.29) is 18.4 Å². The van der Waals surface area contributed by atoms with Gasteiger partial charge in [0.2, 0.25) is 5.91 Å². The number of hydrogen-bond donors (Lipinski definition) is 1. The van der Waals surface area contributed by atoms with Gasteiger partial charge >= 0.3 is 0 Å². The summed E-state index contributed by atoms with van der Waals surface area (Å²) in [7, 11) is 0. The maximum absolute atomic E-state index is 13.6. The van der Waals surface area contributed by atoms with Gasteiger partial charge in [-0.15, -0.1) is 0 Å². The summed E-state index contributed by atoms with van der Waals surface area (Å²) in [5, 5.41) is 3.07. The van der Waals surface area contributed by atoms with Crippen molar-refractivity contribution in [1.29, 1.82) is 0 Å². The Balaban J connectivity index is 1.90. The predicted molar refractivity (Wildman–Crippen MR) is 140 cm³/mol. The number of aryl methyl sites for hydroxylation is 2. The highest BCUT2D eigenvalue weighted by Crippen LogP contribution is 2.19. The van der Waals surface area contributed by atoms with Crippen LogP contribution in [-0.2, 0) is 22.6 Å². The van der Waals surface area contributed by atoms with Crippen molar-refractivity contribution in [3.63, 3.8) is 0 Å². The van der Waals surface area contributed by atoms with Crippen LogP contribution in [0.1, 0.15) is 43.0 Å². The monoisotopic (exact) mass is 472 g/mol. The predicted octanol–water partition coefficient (Wildman–Crippen LogP) is 5.24. The van der Waals surface area contributed by atoms with Crippen molar-refractivity contribution in [2.75, 3.05) is 6.61 Å². The lowest BCUT2D eigenvalue weighted by molar-refractivity contribution is -0.143. The van der Waals surface area contributed by atoms with Gasteiger partial charge in [-0.05, 0) is 69.0 Å². The lowest BCUT2D eigenvalue weighted by atomic mass is 10.0. The molecular weight excluding hydrogens is 436 g/mol. The number of nitrogens with one attached hydrogen (secondary N) is 1. The zero-order valence-corrected chi connectivity index (χ0v) is 21.4. The van der Waals surface area contributed by atoms with Crippen molar-refractivity contribution < 1.29 is 14.3 Å². The molecule has 0 heterocycles. The van der Waals surface area contributed by atoms with Crippen molar-refractivity contribution in [2.45, 2.75) is 59.2 Å². The van der Waals surface area contributed by atoms with E-state index in [1.54, 1.807) is 4.90 Å². The van der Waals surface area contributed by atoms with Crippen LogP contribution in [0.15, 0.2) is 78.9 Å². The third-order valence-corrected chi connectivity index (χ3v) is 5.81. The van der Waals surface area contributed by atoms with Crippen LogP contribution in [-0.4, -0.2) is 34.9 Å². The standard InChI is InChI=1S/C30H36N2O3/c1-22-16-17-26(18-23(22)2)35-21-28(33)32(20-25-14-10-7-11-15-25)27(29(34)31-30(3,4)5)19-24-12-8-6-9-13-24/h6-18,27H,19-21H2,1-5H3,(H,31,34)/t27-/m0/s1. The van der Waals surface area contributed by atoms with Crippen LogP contribution >= 0.6 is 0 Å². The van der Waals surface area contributed by atoms with E-state index in [0.29, 0.717) is 18.7 Å². The summed E-state index contributed by atoms with van der Waals surface area (Å²) in [6.45, 7) is 10.0. The van der Waals surface area contributed by atoms with Crippen LogP contribution in [0, 0.1) is 13.8 Å². The van der Waals surface area contributed by atoms with Crippen LogP contribution in [0.4, 0.5) is 0 Å². The summed E-state index contributed by atoms with van der Waals surface area (Å²) in [4.78, 5) is 28.7. The van der Waals surface area contributed by atoms with Gasteiger partial charge in [-0.3, -0.25) is 9.59 Å². The Labute approximate surface area is 209 Å². The fraction of sp³-hybridized carbons (Fsp3) is 0.333. The van der Waals surface area contributed by atoms with Crippen molar-refractivity contribution in [1.82, 2.24) is 10.2 Å². The van der Waals surface area contributed by atoms with Crippen LogP contribution in [0.5, 0.6) is 5.75 Å². The quantitative estimate of drug-likeness (QED) is 0.464. The summed E-state index contributed by atoms with van der Waals surface area (Å²) < 4.78 is 5.88. The molecule has 0 aliphatic rings. The molecule has 5 nitrogen and oxygen atoms in total. The topological polar surface area (TPSA) is 58.6 Å². The summed E-state index contributed by atoms with van der Waals surface area (Å²) in [6.07, 6.45) is 0.408. The van der Waals surface area contributed by atoms with Crippen molar-refractivity contribution in [3.8, 4) is 5.75 Å². The number of benzene rings is 3. The van der Waals surface area contributed by atoms with Gasteiger partial charge < -0.3 is 15.0 Å². The van der Waals surface area contributed by atoms with Gasteiger partial charge in [0.1, 0.15) is 11.8 Å². The molecule has 0 saturated heterocycles. The Morgan fingerprint density at radius 1 is 0.857 bits per heavy atom. The molecule has 0 unspecified atom stereocenters. The average Bonchev–Trinajstić information content (AvgIpc) is 2.82. The maximum Gasteiger partial charge on any atom is 0.261 e. The number of hydrogen-bond acceptors (Lipinski definition) is 3. The molecule has 1 atom stereocenters. The maximum atomic E-state index is 13.6. The first-order valence-corrected chi connectivity index (χ1v) is 12.0. The van der Waals surface area contributed by atoms with Gasteiger partial charge in [-0.25, -0.2) is 0 Å². The minimum Gasteiger partial charge on any atom is -0.484 e. The molecule has 35 heavy (non-hydrogen) atoms. The molecule has 0 fully saturated rings. The first-order chi connectivity index (χ1) is 16.6. The second kappa shape index (κ2) is 11.7. The average molecular weight is 473 g/mol. The Bertz CT molecular complexity index is 1120. The summed E-state index contributed by atoms with van der Waals surface area (Å²) in [5.41, 5.74) is 3.78. The van der Waals surface area contributed by atoms with Gasteiger partial charge in [0.15, 0.2) is 6.61 Å². The minimum absolute atomic E-state index is 0.149. The first-order valence-electron chi connectivity index (χ1n) is 12.0. The third-order valence-electron chi connectivity index (χ3n) is 5.81. The normalized spacial score (nSPS) is 12.0. The molecule has 0 aliphatic heterocycles. The van der Waals surface area contributed by atoms with E-state index in [1.807, 2.05) is 113 Å². The third kappa shape index (κ3) is 7.99. The number of ether oxygens (including phenoxy) is 1. The van der Waals surface area contributed by atoms with Crippen molar-refractivity contribution in [3.05, 3.63) is 101 Å². The van der Waals surface area contributed by atoms with E-state index in [0.717, 1.165) is 22.3 Å². The summed E-state index contributed by atoms with van der Waals surface area (Å²) in [5.74, 6) is 0.216. The van der Waals surface area contributed by atoms with Gasteiger partial charge in [-0.2, -0.15) is 0 Å². The van der Waals surface area contributed by atoms with Crippen LogP contribution in [0.25, 0.3) is 0 Å².